The summed E-state index contributed by atoms with van der Waals surface area (Å²) in [5, 5.41) is 4.73. The molecule has 0 spiro atoms. The van der Waals surface area contributed by atoms with Crippen LogP contribution in [0.25, 0.3) is 10.6 Å². The first-order chi connectivity index (χ1) is 15.4. The zero-order chi connectivity index (χ0) is 22.8. The summed E-state index contributed by atoms with van der Waals surface area (Å²) in [6, 6.07) is 11.6. The van der Waals surface area contributed by atoms with Crippen LogP contribution in [0.3, 0.4) is 0 Å². The maximum absolute atomic E-state index is 12.2. The highest BCUT2D eigenvalue weighted by Gasteiger charge is 2.32. The number of amides is 3. The normalized spacial score (nSPS) is 12.5. The number of imide groups is 1. The van der Waals surface area contributed by atoms with Crippen LogP contribution in [0, 0.1) is 0 Å². The van der Waals surface area contributed by atoms with E-state index in [9.17, 15) is 19.2 Å². The molecule has 1 aromatic heterocycles. The van der Waals surface area contributed by atoms with Gasteiger partial charge in [0.1, 0.15) is 10.8 Å². The van der Waals surface area contributed by atoms with Gasteiger partial charge in [0, 0.05) is 23.7 Å². The van der Waals surface area contributed by atoms with Gasteiger partial charge in [-0.2, -0.15) is 0 Å². The summed E-state index contributed by atoms with van der Waals surface area (Å²) in [5.74, 6) is -1.44. The molecule has 2 heterocycles. The summed E-state index contributed by atoms with van der Waals surface area (Å²) in [4.78, 5) is 53.7. The van der Waals surface area contributed by atoms with Crippen molar-refractivity contribution in [1.29, 1.82) is 0 Å². The van der Waals surface area contributed by atoms with Gasteiger partial charge in [0.2, 0.25) is 0 Å². The van der Waals surface area contributed by atoms with E-state index in [1.807, 2.05) is 12.1 Å². The van der Waals surface area contributed by atoms with Crippen molar-refractivity contribution in [1.82, 2.24) is 9.88 Å². The van der Waals surface area contributed by atoms with E-state index in [1.165, 1.54) is 36.6 Å². The summed E-state index contributed by atoms with van der Waals surface area (Å²) in [7, 11) is 2.97. The second-order valence-corrected chi connectivity index (χ2v) is 7.68. The Balaban J connectivity index is 1.35. The third-order valence-corrected chi connectivity index (χ3v) is 5.65. The van der Waals surface area contributed by atoms with Gasteiger partial charge in [-0.1, -0.05) is 0 Å². The lowest BCUT2D eigenvalue weighted by Gasteiger charge is -2.07. The molecule has 1 aliphatic rings. The summed E-state index contributed by atoms with van der Waals surface area (Å²) < 4.78 is 10.2. The molecule has 0 bridgehead atoms. The number of esters is 1. The number of benzene rings is 2. The van der Waals surface area contributed by atoms with E-state index in [0.29, 0.717) is 16.4 Å². The van der Waals surface area contributed by atoms with E-state index in [-0.39, 0.29) is 16.8 Å². The van der Waals surface area contributed by atoms with Crippen LogP contribution in [0.4, 0.5) is 5.69 Å². The lowest BCUT2D eigenvalue weighted by Crippen LogP contribution is -2.24. The van der Waals surface area contributed by atoms with E-state index in [4.69, 9.17) is 9.47 Å². The first-order valence-corrected chi connectivity index (χ1v) is 10.3. The lowest BCUT2D eigenvalue weighted by molar-refractivity contribution is -0.119. The summed E-state index contributed by atoms with van der Waals surface area (Å²) >= 11 is 1.28. The zero-order valence-electron chi connectivity index (χ0n) is 17.1. The highest BCUT2D eigenvalue weighted by atomic mass is 32.1. The smallest absolute Gasteiger partial charge is 0.358 e. The fraction of sp³-hybridized carbons (Fsp3) is 0.136. The quantitative estimate of drug-likeness (QED) is 0.453. The number of thiazole rings is 1. The topological polar surface area (TPSA) is 115 Å². The SMILES string of the molecule is COc1ccc(-c2nc(C(=O)OCC(=O)Nc3ccc4c(c3)C(=O)N(C)C4=O)cs2)cc1. The number of anilines is 1. The standard InChI is InChI=1S/C22H17N3O6S/c1-25-20(27)15-8-5-13(9-16(15)21(25)28)23-18(26)10-31-22(29)17-11-32-19(24-17)12-3-6-14(30-2)7-4-12/h3-9,11H,10H2,1-2H3,(H,23,26). The van der Waals surface area contributed by atoms with Gasteiger partial charge in [0.25, 0.3) is 17.7 Å². The highest BCUT2D eigenvalue weighted by molar-refractivity contribution is 7.13. The number of carbonyl (C=O) groups is 4. The molecule has 9 nitrogen and oxygen atoms in total. The molecule has 0 unspecified atom stereocenters. The van der Waals surface area contributed by atoms with E-state index in [0.717, 1.165) is 10.5 Å². The molecule has 0 saturated carbocycles. The van der Waals surface area contributed by atoms with Gasteiger partial charge < -0.3 is 14.8 Å². The molecule has 0 radical (unpaired) electrons. The second kappa shape index (κ2) is 8.60. The number of methoxy groups -OCH3 is 1. The molecule has 32 heavy (non-hydrogen) atoms. The fourth-order valence-corrected chi connectivity index (χ4v) is 3.87. The van der Waals surface area contributed by atoms with Crippen molar-refractivity contribution >= 4 is 40.7 Å². The van der Waals surface area contributed by atoms with Crippen molar-refractivity contribution < 1.29 is 28.7 Å². The molecule has 162 valence electrons. The number of ether oxygens (including phenoxy) is 2. The van der Waals surface area contributed by atoms with Gasteiger partial charge in [-0.3, -0.25) is 19.3 Å². The molecule has 10 heteroatoms. The predicted octanol–water partition coefficient (Wildman–Crippen LogP) is 2.84. The van der Waals surface area contributed by atoms with Gasteiger partial charge in [-0.15, -0.1) is 11.3 Å². The van der Waals surface area contributed by atoms with Crippen LogP contribution in [0.1, 0.15) is 31.2 Å². The number of aromatic nitrogens is 1. The van der Waals surface area contributed by atoms with Crippen LogP contribution in [-0.2, 0) is 9.53 Å². The van der Waals surface area contributed by atoms with Crippen LogP contribution in [0.2, 0.25) is 0 Å². The number of hydrogen-bond acceptors (Lipinski definition) is 8. The number of fused-ring (bicyclic) bond motifs is 1. The minimum absolute atomic E-state index is 0.0956. The Morgan fingerprint density at radius 3 is 2.50 bits per heavy atom. The van der Waals surface area contributed by atoms with Gasteiger partial charge in [0.05, 0.1) is 18.2 Å². The van der Waals surface area contributed by atoms with Crippen LogP contribution >= 0.6 is 11.3 Å². The Bertz CT molecular complexity index is 1230. The van der Waals surface area contributed by atoms with E-state index in [2.05, 4.69) is 10.3 Å². The molecule has 0 aliphatic carbocycles. The predicted molar refractivity (Wildman–Crippen MR) is 116 cm³/mol. The summed E-state index contributed by atoms with van der Waals surface area (Å²) in [6.07, 6.45) is 0. The van der Waals surface area contributed by atoms with Gasteiger partial charge in [0.15, 0.2) is 12.3 Å². The highest BCUT2D eigenvalue weighted by Crippen LogP contribution is 2.26. The first kappa shape index (κ1) is 21.2. The Morgan fingerprint density at radius 2 is 1.78 bits per heavy atom. The maximum atomic E-state index is 12.2. The third-order valence-electron chi connectivity index (χ3n) is 4.76. The Labute approximate surface area is 186 Å². The number of hydrogen-bond donors (Lipinski definition) is 1. The lowest BCUT2D eigenvalue weighted by atomic mass is 10.1. The molecule has 2 aromatic carbocycles. The van der Waals surface area contributed by atoms with E-state index in [1.54, 1.807) is 24.6 Å². The summed E-state index contributed by atoms with van der Waals surface area (Å²) in [6.45, 7) is -0.530. The van der Waals surface area contributed by atoms with Crippen molar-refractivity contribution in [2.75, 3.05) is 26.1 Å². The third kappa shape index (κ3) is 4.08. The van der Waals surface area contributed by atoms with Crippen LogP contribution in [0.5, 0.6) is 5.75 Å². The van der Waals surface area contributed by atoms with Crippen molar-refractivity contribution in [2.24, 2.45) is 0 Å². The molecular weight excluding hydrogens is 434 g/mol. The minimum Gasteiger partial charge on any atom is -0.497 e. The fourth-order valence-electron chi connectivity index (χ4n) is 3.07. The summed E-state index contributed by atoms with van der Waals surface area (Å²) in [5.41, 5.74) is 1.72. The van der Waals surface area contributed by atoms with Gasteiger partial charge in [-0.05, 0) is 42.5 Å². The maximum Gasteiger partial charge on any atom is 0.358 e. The van der Waals surface area contributed by atoms with Crippen LogP contribution in [-0.4, -0.2) is 54.3 Å². The average Bonchev–Trinajstić information content (AvgIpc) is 3.38. The molecule has 1 N–H and O–H groups in total. The molecule has 3 amide bonds. The molecule has 1 aliphatic heterocycles. The van der Waals surface area contributed by atoms with Gasteiger partial charge in [-0.25, -0.2) is 9.78 Å². The Hall–Kier alpha value is -4.05. The van der Waals surface area contributed by atoms with Crippen LogP contribution < -0.4 is 10.1 Å². The Morgan fingerprint density at radius 1 is 1.06 bits per heavy atom. The van der Waals surface area contributed by atoms with Crippen molar-refractivity contribution in [2.45, 2.75) is 0 Å². The average molecular weight is 451 g/mol. The monoisotopic (exact) mass is 451 g/mol. The van der Waals surface area contributed by atoms with Crippen molar-refractivity contribution in [3.05, 3.63) is 64.7 Å². The number of carbonyl (C=O) groups excluding carboxylic acids is 4. The molecule has 0 fully saturated rings. The second-order valence-electron chi connectivity index (χ2n) is 6.82. The van der Waals surface area contributed by atoms with E-state index < -0.39 is 30.3 Å². The molecular formula is C22H17N3O6S. The zero-order valence-corrected chi connectivity index (χ0v) is 17.9. The number of nitrogens with one attached hydrogen (secondary N) is 1. The van der Waals surface area contributed by atoms with E-state index >= 15 is 0 Å². The van der Waals surface area contributed by atoms with Crippen molar-refractivity contribution in [3.63, 3.8) is 0 Å². The minimum atomic E-state index is -0.729. The largest absolute Gasteiger partial charge is 0.497 e. The Kier molecular flexibility index (Phi) is 5.69. The van der Waals surface area contributed by atoms with Gasteiger partial charge >= 0.3 is 5.97 Å². The molecule has 4 rings (SSSR count). The van der Waals surface area contributed by atoms with Crippen molar-refractivity contribution in [3.8, 4) is 16.3 Å². The molecule has 0 saturated heterocycles. The number of rotatable bonds is 6. The molecule has 3 aromatic rings. The first-order valence-electron chi connectivity index (χ1n) is 9.40. The number of nitrogens with zero attached hydrogens (tertiary/aromatic N) is 2. The molecule has 0 atom stereocenters. The van der Waals surface area contributed by atoms with Crippen LogP contribution in [0.15, 0.2) is 47.8 Å².